The molecule has 0 heterocycles. The van der Waals surface area contributed by atoms with Gasteiger partial charge >= 0.3 is 42.6 Å². The molecule has 0 aromatic carbocycles. The zero-order chi connectivity index (χ0) is 4.12. The van der Waals surface area contributed by atoms with Gasteiger partial charge in [-0.2, -0.15) is 0 Å². The van der Waals surface area contributed by atoms with Crippen LogP contribution in [0.3, 0.4) is 0 Å². The molecular formula is C3H8OTe. The minimum absolute atomic E-state index is 0.527. The molecule has 0 aliphatic heterocycles. The zero-order valence-electron chi connectivity index (χ0n) is 3.27. The van der Waals surface area contributed by atoms with Crippen LogP contribution in [0.2, 0.25) is 4.47 Å². The van der Waals surface area contributed by atoms with Gasteiger partial charge in [0.1, 0.15) is 0 Å². The maximum atomic E-state index is 8.20. The summed E-state index contributed by atoms with van der Waals surface area (Å²) in [4.78, 5) is 0. The van der Waals surface area contributed by atoms with E-state index in [1.165, 1.54) is 0 Å². The molecule has 0 saturated heterocycles. The van der Waals surface area contributed by atoms with E-state index in [1.807, 2.05) is 0 Å². The van der Waals surface area contributed by atoms with Gasteiger partial charge in [0.15, 0.2) is 0 Å². The van der Waals surface area contributed by atoms with Gasteiger partial charge in [-0.1, -0.05) is 0 Å². The van der Waals surface area contributed by atoms with Gasteiger partial charge in [0.2, 0.25) is 0 Å². The van der Waals surface area contributed by atoms with Crippen molar-refractivity contribution in [3.8, 4) is 0 Å². The Hall–Kier alpha value is 0.750. The van der Waals surface area contributed by atoms with Crippen LogP contribution in [0.25, 0.3) is 0 Å². The van der Waals surface area contributed by atoms with E-state index in [9.17, 15) is 0 Å². The van der Waals surface area contributed by atoms with Gasteiger partial charge in [-0.3, -0.25) is 0 Å². The van der Waals surface area contributed by atoms with Crippen LogP contribution in [0.4, 0.5) is 0 Å². The number of hydrogen-bond donors (Lipinski definition) is 1. The van der Waals surface area contributed by atoms with E-state index < -0.39 is 21.3 Å². The second kappa shape index (κ2) is 4.75. The number of hydrogen-bond acceptors (Lipinski definition) is 1. The van der Waals surface area contributed by atoms with Gasteiger partial charge < -0.3 is 0 Å². The third-order valence-electron chi connectivity index (χ3n) is 0.295. The topological polar surface area (TPSA) is 20.2 Å². The third-order valence-corrected chi connectivity index (χ3v) is 1.98. The summed E-state index contributed by atoms with van der Waals surface area (Å²) in [5, 5.41) is 0. The maximum absolute atomic E-state index is 8.20. The molecule has 0 aliphatic carbocycles. The Morgan fingerprint density at radius 1 is 1.80 bits per heavy atom. The standard InChI is InChI=1S/C3H8OTe/c1-2-3-5-4/h4H,2-3H2,1H3. The van der Waals surface area contributed by atoms with Crippen LogP contribution < -0.4 is 0 Å². The summed E-state index contributed by atoms with van der Waals surface area (Å²) in [6, 6.07) is 0. The van der Waals surface area contributed by atoms with E-state index in [1.54, 1.807) is 0 Å². The Bertz CT molecular complexity index is 14.4. The summed E-state index contributed by atoms with van der Waals surface area (Å²) in [7, 11) is 0. The van der Waals surface area contributed by atoms with Gasteiger partial charge in [-0.15, -0.1) is 0 Å². The monoisotopic (exact) mass is 190 g/mol. The van der Waals surface area contributed by atoms with Gasteiger partial charge in [-0.05, 0) is 0 Å². The van der Waals surface area contributed by atoms with Gasteiger partial charge in [-0.25, -0.2) is 0 Å². The van der Waals surface area contributed by atoms with Crippen molar-refractivity contribution in [1.29, 1.82) is 0 Å². The molecule has 1 N–H and O–H groups in total. The van der Waals surface area contributed by atoms with Crippen LogP contribution in [0.1, 0.15) is 13.3 Å². The SMILES string of the molecule is CCC[Te]O. The van der Waals surface area contributed by atoms with Gasteiger partial charge in [0.25, 0.3) is 0 Å². The fraction of sp³-hybridized carbons (Fsp3) is 1.00. The van der Waals surface area contributed by atoms with Crippen LogP contribution in [0, 0.1) is 0 Å². The van der Waals surface area contributed by atoms with Crippen molar-refractivity contribution < 1.29 is 3.47 Å². The summed E-state index contributed by atoms with van der Waals surface area (Å²) in [6.45, 7) is 2.08. The first-order valence-corrected chi connectivity index (χ1v) is 4.37. The molecular weight excluding hydrogens is 180 g/mol. The summed E-state index contributed by atoms with van der Waals surface area (Å²) in [5.41, 5.74) is 0. The number of rotatable bonds is 2. The van der Waals surface area contributed by atoms with Crippen molar-refractivity contribution in [2.24, 2.45) is 0 Å². The Morgan fingerprint density at radius 2 is 2.40 bits per heavy atom. The molecule has 0 rings (SSSR count). The van der Waals surface area contributed by atoms with Crippen molar-refractivity contribution in [2.45, 2.75) is 17.8 Å². The molecule has 0 aromatic heterocycles. The first kappa shape index (κ1) is 5.75. The average molecular weight is 188 g/mol. The molecule has 1 nitrogen and oxygen atoms in total. The normalized spacial score (nSPS) is 8.40. The molecule has 0 fully saturated rings. The second-order valence-electron chi connectivity index (χ2n) is 0.833. The summed E-state index contributed by atoms with van der Waals surface area (Å²) in [6.07, 6.45) is 1.15. The first-order chi connectivity index (χ1) is 2.41. The van der Waals surface area contributed by atoms with Gasteiger partial charge in [0, 0.05) is 0 Å². The molecule has 2 heteroatoms. The Kier molecular flexibility index (Phi) is 5.46. The van der Waals surface area contributed by atoms with Crippen LogP contribution in [-0.4, -0.2) is 24.8 Å². The third kappa shape index (κ3) is 4.75. The summed E-state index contributed by atoms with van der Waals surface area (Å²) < 4.78 is 9.27. The van der Waals surface area contributed by atoms with Crippen LogP contribution in [0.5, 0.6) is 0 Å². The molecule has 0 aliphatic rings. The predicted molar refractivity (Wildman–Crippen MR) is 23.1 cm³/mol. The van der Waals surface area contributed by atoms with E-state index in [2.05, 4.69) is 6.92 Å². The van der Waals surface area contributed by atoms with E-state index >= 15 is 0 Å². The van der Waals surface area contributed by atoms with Crippen molar-refractivity contribution in [2.75, 3.05) is 0 Å². The van der Waals surface area contributed by atoms with Crippen LogP contribution in [-0.2, 0) is 0 Å². The fourth-order valence-corrected chi connectivity index (χ4v) is 0.612. The molecule has 0 spiro atoms. The van der Waals surface area contributed by atoms with Crippen molar-refractivity contribution >= 4 is 21.3 Å². The van der Waals surface area contributed by atoms with E-state index in [0.717, 1.165) is 10.9 Å². The van der Waals surface area contributed by atoms with Crippen molar-refractivity contribution in [3.05, 3.63) is 0 Å². The van der Waals surface area contributed by atoms with E-state index in [0.29, 0.717) is 0 Å². The quantitative estimate of drug-likeness (QED) is 0.622. The molecule has 0 atom stereocenters. The van der Waals surface area contributed by atoms with Gasteiger partial charge in [0.05, 0.1) is 0 Å². The first-order valence-electron chi connectivity index (χ1n) is 1.68. The van der Waals surface area contributed by atoms with Crippen LogP contribution >= 0.6 is 0 Å². The summed E-state index contributed by atoms with van der Waals surface area (Å²) >= 11 is -0.527. The fourth-order valence-electron chi connectivity index (χ4n) is 0.0913. The van der Waals surface area contributed by atoms with Crippen LogP contribution in [0.15, 0.2) is 0 Å². The van der Waals surface area contributed by atoms with Crippen molar-refractivity contribution in [1.82, 2.24) is 0 Å². The van der Waals surface area contributed by atoms with E-state index in [-0.39, 0.29) is 0 Å². The predicted octanol–water partition coefficient (Wildman–Crippen LogP) is 0.426. The Balaban J connectivity index is 2.19. The Morgan fingerprint density at radius 3 is 2.40 bits per heavy atom. The Labute approximate surface area is 43.0 Å². The molecule has 32 valence electrons. The minimum atomic E-state index is -0.527. The molecule has 0 radical (unpaired) electrons. The molecule has 5 heavy (non-hydrogen) atoms. The second-order valence-corrected chi connectivity index (χ2v) is 2.74. The molecule has 0 bridgehead atoms. The zero-order valence-corrected chi connectivity index (χ0v) is 5.60. The van der Waals surface area contributed by atoms with E-state index in [4.69, 9.17) is 3.47 Å². The molecule has 0 saturated carbocycles. The summed E-state index contributed by atoms with van der Waals surface area (Å²) in [5.74, 6) is 0. The molecule has 0 unspecified atom stereocenters. The molecule has 0 amide bonds. The van der Waals surface area contributed by atoms with Crippen molar-refractivity contribution in [3.63, 3.8) is 0 Å². The average Bonchev–Trinajstić information content (AvgIpc) is 1.41. The molecule has 0 aromatic rings.